The minimum atomic E-state index is -3.50. The summed E-state index contributed by atoms with van der Waals surface area (Å²) >= 11 is 0. The van der Waals surface area contributed by atoms with Crippen molar-refractivity contribution in [3.8, 4) is 0 Å². The fourth-order valence-electron chi connectivity index (χ4n) is 3.26. The number of benzene rings is 1. The smallest absolute Gasteiger partial charge is 0.243 e. The first-order valence-electron chi connectivity index (χ1n) is 7.70. The summed E-state index contributed by atoms with van der Waals surface area (Å²) in [5.41, 5.74) is 6.95. The van der Waals surface area contributed by atoms with Gasteiger partial charge in [0.15, 0.2) is 0 Å². The molecule has 0 unspecified atom stereocenters. The van der Waals surface area contributed by atoms with Crippen LogP contribution in [0.15, 0.2) is 35.5 Å². The summed E-state index contributed by atoms with van der Waals surface area (Å²) in [5, 5.41) is 1.74. The maximum atomic E-state index is 13.0. The van der Waals surface area contributed by atoms with Crippen molar-refractivity contribution in [3.63, 3.8) is 0 Å². The third-order valence-corrected chi connectivity index (χ3v) is 6.50. The molecule has 6 heteroatoms. The van der Waals surface area contributed by atoms with Gasteiger partial charge in [-0.25, -0.2) is 8.42 Å². The van der Waals surface area contributed by atoms with Crippen molar-refractivity contribution in [1.82, 2.24) is 9.29 Å². The Kier molecular flexibility index (Phi) is 3.21. The van der Waals surface area contributed by atoms with Crippen molar-refractivity contribution < 1.29 is 8.42 Å². The van der Waals surface area contributed by atoms with Crippen molar-refractivity contribution in [2.75, 3.05) is 13.1 Å². The molecule has 1 aliphatic heterocycles. The summed E-state index contributed by atoms with van der Waals surface area (Å²) in [5.74, 6) is 0.452. The van der Waals surface area contributed by atoms with Crippen LogP contribution in [0, 0.1) is 0 Å². The Morgan fingerprint density at radius 2 is 2.00 bits per heavy atom. The number of rotatable bonds is 3. The lowest BCUT2D eigenvalue weighted by Gasteiger charge is -2.18. The minimum Gasteiger partial charge on any atom is -0.326 e. The summed E-state index contributed by atoms with van der Waals surface area (Å²) in [4.78, 5) is 4.68. The van der Waals surface area contributed by atoms with Crippen LogP contribution in [0.2, 0.25) is 0 Å². The van der Waals surface area contributed by atoms with Crippen LogP contribution in [0.3, 0.4) is 0 Å². The first kappa shape index (κ1) is 14.1. The second-order valence-electron chi connectivity index (χ2n) is 6.27. The van der Waals surface area contributed by atoms with Gasteiger partial charge in [0.25, 0.3) is 0 Å². The molecule has 0 amide bonds. The van der Waals surface area contributed by atoms with Gasteiger partial charge in [0, 0.05) is 42.3 Å². The monoisotopic (exact) mass is 317 g/mol. The molecule has 4 rings (SSSR count). The van der Waals surface area contributed by atoms with Crippen LogP contribution in [-0.2, 0) is 10.0 Å². The quantitative estimate of drug-likeness (QED) is 0.937. The molecular weight excluding hydrogens is 298 g/mol. The highest BCUT2D eigenvalue weighted by molar-refractivity contribution is 7.89. The van der Waals surface area contributed by atoms with Crippen molar-refractivity contribution in [3.05, 3.63) is 36.2 Å². The van der Waals surface area contributed by atoms with Crippen LogP contribution in [0.1, 0.15) is 30.7 Å². The van der Waals surface area contributed by atoms with Crippen LogP contribution in [0.25, 0.3) is 10.8 Å². The number of pyridine rings is 1. The van der Waals surface area contributed by atoms with Gasteiger partial charge < -0.3 is 5.73 Å². The van der Waals surface area contributed by atoms with Gasteiger partial charge in [-0.3, -0.25) is 4.98 Å². The molecule has 0 spiro atoms. The molecule has 1 aliphatic carbocycles. The van der Waals surface area contributed by atoms with E-state index in [0.29, 0.717) is 23.9 Å². The second-order valence-corrected chi connectivity index (χ2v) is 8.18. The van der Waals surface area contributed by atoms with E-state index < -0.39 is 10.0 Å². The number of hydrogen-bond acceptors (Lipinski definition) is 4. The second kappa shape index (κ2) is 5.01. The lowest BCUT2D eigenvalue weighted by molar-refractivity contribution is 0.473. The van der Waals surface area contributed by atoms with E-state index in [4.69, 9.17) is 5.73 Å². The van der Waals surface area contributed by atoms with Gasteiger partial charge in [-0.2, -0.15) is 4.31 Å². The van der Waals surface area contributed by atoms with Gasteiger partial charge in [0.2, 0.25) is 10.0 Å². The highest BCUT2D eigenvalue weighted by Crippen LogP contribution is 2.44. The number of nitrogens with zero attached hydrogens (tertiary/aromatic N) is 2. The van der Waals surface area contributed by atoms with Crippen molar-refractivity contribution in [2.24, 2.45) is 5.73 Å². The van der Waals surface area contributed by atoms with Crippen LogP contribution < -0.4 is 5.73 Å². The molecule has 22 heavy (non-hydrogen) atoms. The van der Waals surface area contributed by atoms with Gasteiger partial charge in [-0.15, -0.1) is 0 Å². The number of aromatic nitrogens is 1. The molecule has 5 nitrogen and oxygen atoms in total. The fraction of sp³-hybridized carbons (Fsp3) is 0.438. The molecule has 1 aromatic heterocycles. The number of hydrogen-bond donors (Lipinski definition) is 1. The average molecular weight is 317 g/mol. The zero-order chi connectivity index (χ0) is 15.3. The molecule has 1 aromatic carbocycles. The summed E-state index contributed by atoms with van der Waals surface area (Å²) in [6.45, 7) is 0.909. The van der Waals surface area contributed by atoms with Crippen LogP contribution in [-0.4, -0.2) is 36.8 Å². The summed E-state index contributed by atoms with van der Waals surface area (Å²) in [6, 6.07) is 5.38. The molecule has 1 saturated carbocycles. The van der Waals surface area contributed by atoms with Crippen LogP contribution >= 0.6 is 0 Å². The first-order chi connectivity index (χ1) is 10.6. The fourth-order valence-corrected chi connectivity index (χ4v) is 5.01. The van der Waals surface area contributed by atoms with Gasteiger partial charge in [0.1, 0.15) is 0 Å². The zero-order valence-electron chi connectivity index (χ0n) is 12.3. The number of nitrogens with two attached hydrogens (primary N) is 1. The predicted molar refractivity (Wildman–Crippen MR) is 85.1 cm³/mol. The lowest BCUT2D eigenvalue weighted by Crippen LogP contribution is -2.32. The molecule has 1 atom stereocenters. The topological polar surface area (TPSA) is 76.3 Å². The molecule has 2 heterocycles. The molecule has 2 N–H and O–H groups in total. The molecular formula is C16H19N3O2S. The Balaban J connectivity index is 1.91. The maximum absolute atomic E-state index is 13.0. The first-order valence-corrected chi connectivity index (χ1v) is 9.14. The summed E-state index contributed by atoms with van der Waals surface area (Å²) in [6.07, 6.45) is 6.53. The minimum absolute atomic E-state index is 0.0608. The van der Waals surface area contributed by atoms with E-state index in [1.807, 2.05) is 12.3 Å². The number of sulfonamides is 1. The van der Waals surface area contributed by atoms with Crippen LogP contribution in [0.5, 0.6) is 0 Å². The summed E-state index contributed by atoms with van der Waals surface area (Å²) < 4.78 is 27.6. The van der Waals surface area contributed by atoms with E-state index in [9.17, 15) is 8.42 Å². The largest absolute Gasteiger partial charge is 0.326 e. The van der Waals surface area contributed by atoms with E-state index >= 15 is 0 Å². The molecule has 2 aromatic rings. The van der Waals surface area contributed by atoms with Gasteiger partial charge in [0.05, 0.1) is 4.90 Å². The molecule has 1 saturated heterocycles. The predicted octanol–water partition coefficient (Wildman–Crippen LogP) is 1.83. The Morgan fingerprint density at radius 3 is 2.68 bits per heavy atom. The third-order valence-electron chi connectivity index (χ3n) is 4.60. The molecule has 0 radical (unpaired) electrons. The van der Waals surface area contributed by atoms with E-state index in [0.717, 1.165) is 35.6 Å². The lowest BCUT2D eigenvalue weighted by atomic mass is 10.0. The van der Waals surface area contributed by atoms with Gasteiger partial charge >= 0.3 is 0 Å². The maximum Gasteiger partial charge on any atom is 0.243 e. The van der Waals surface area contributed by atoms with E-state index in [2.05, 4.69) is 4.98 Å². The SMILES string of the molecule is N[C@@H]1CCN(S(=O)(=O)c2cccc3cncc(C4CC4)c23)C1. The molecule has 0 bridgehead atoms. The van der Waals surface area contributed by atoms with Gasteiger partial charge in [-0.1, -0.05) is 12.1 Å². The Hall–Kier alpha value is -1.50. The van der Waals surface area contributed by atoms with E-state index in [1.54, 1.807) is 18.3 Å². The summed E-state index contributed by atoms with van der Waals surface area (Å²) in [7, 11) is -3.50. The van der Waals surface area contributed by atoms with Crippen molar-refractivity contribution in [2.45, 2.75) is 36.1 Å². The Labute approximate surface area is 130 Å². The average Bonchev–Trinajstić information content (AvgIpc) is 3.26. The number of fused-ring (bicyclic) bond motifs is 1. The van der Waals surface area contributed by atoms with Gasteiger partial charge in [-0.05, 0) is 36.8 Å². The zero-order valence-corrected chi connectivity index (χ0v) is 13.1. The molecule has 116 valence electrons. The van der Waals surface area contributed by atoms with E-state index in [1.165, 1.54) is 4.31 Å². The highest BCUT2D eigenvalue weighted by Gasteiger charge is 2.34. The highest BCUT2D eigenvalue weighted by atomic mass is 32.2. The Bertz CT molecular complexity index is 825. The van der Waals surface area contributed by atoms with Crippen LogP contribution in [0.4, 0.5) is 0 Å². The van der Waals surface area contributed by atoms with Crippen molar-refractivity contribution in [1.29, 1.82) is 0 Å². The molecule has 2 aliphatic rings. The third kappa shape index (κ3) is 2.22. The van der Waals surface area contributed by atoms with E-state index in [-0.39, 0.29) is 6.04 Å². The normalized spacial score (nSPS) is 23.2. The molecule has 2 fully saturated rings. The van der Waals surface area contributed by atoms with Crippen molar-refractivity contribution >= 4 is 20.8 Å². The Morgan fingerprint density at radius 1 is 1.18 bits per heavy atom. The standard InChI is InChI=1S/C16H19N3O2S/c17-13-6-7-19(10-13)22(20,21)15-3-1-2-12-8-18-9-14(16(12)15)11-4-5-11/h1-3,8-9,11,13H,4-7,10,17H2/t13-/m1/s1.